The van der Waals surface area contributed by atoms with Gasteiger partial charge in [0.1, 0.15) is 12.4 Å². The van der Waals surface area contributed by atoms with E-state index in [0.717, 1.165) is 41.2 Å². The number of likely N-dealkylation sites (tertiary alicyclic amines) is 1. The number of hydrogen-bond donors (Lipinski definition) is 1. The average Bonchev–Trinajstić information content (AvgIpc) is 3.71. The fourth-order valence-electron chi connectivity index (χ4n) is 7.65. The van der Waals surface area contributed by atoms with Crippen LogP contribution in [-0.4, -0.2) is 66.1 Å². The summed E-state index contributed by atoms with van der Waals surface area (Å²) < 4.78 is 49.8. The molecule has 4 aliphatic heterocycles. The van der Waals surface area contributed by atoms with Crippen LogP contribution in [0.1, 0.15) is 76.3 Å². The highest BCUT2D eigenvalue weighted by Gasteiger charge is 2.76. The van der Waals surface area contributed by atoms with Gasteiger partial charge in [0.15, 0.2) is 34.6 Å². The van der Waals surface area contributed by atoms with Crippen LogP contribution < -0.4 is 32.9 Å². The highest BCUT2D eigenvalue weighted by Crippen LogP contribution is 2.69. The van der Waals surface area contributed by atoms with E-state index in [4.69, 9.17) is 33.6 Å². The van der Waals surface area contributed by atoms with Crippen molar-refractivity contribution in [3.05, 3.63) is 47.0 Å². The van der Waals surface area contributed by atoms with Crippen molar-refractivity contribution >= 4 is 39.2 Å². The Morgan fingerprint density at radius 2 is 1.94 bits per heavy atom. The summed E-state index contributed by atoms with van der Waals surface area (Å²) in [6, 6.07) is 2.05. The number of amides is 1. The van der Waals surface area contributed by atoms with Crippen molar-refractivity contribution in [2.75, 3.05) is 20.5 Å². The Morgan fingerprint density at radius 1 is 1.24 bits per heavy atom. The molecule has 49 heavy (non-hydrogen) atoms. The second-order valence-electron chi connectivity index (χ2n) is 14.9. The smallest absolute Gasteiger partial charge is 0.334 e. The van der Waals surface area contributed by atoms with Crippen LogP contribution in [0.15, 0.2) is 24.8 Å². The van der Waals surface area contributed by atoms with Gasteiger partial charge in [0, 0.05) is 28.7 Å². The van der Waals surface area contributed by atoms with Crippen LogP contribution in [0.2, 0.25) is 18.1 Å². The molecule has 0 saturated carbocycles. The third-order valence-corrected chi connectivity index (χ3v) is 15.6. The normalized spacial score (nSPS) is 27.3. The minimum atomic E-state index is -2.29. The van der Waals surface area contributed by atoms with Crippen molar-refractivity contribution in [2.24, 2.45) is 0 Å². The molecule has 5 atom stereocenters. The summed E-state index contributed by atoms with van der Waals surface area (Å²) in [4.78, 5) is 29.3. The van der Waals surface area contributed by atoms with Crippen molar-refractivity contribution in [3.8, 4) is 34.5 Å². The Labute approximate surface area is 296 Å². The van der Waals surface area contributed by atoms with E-state index < -0.39 is 43.6 Å². The van der Waals surface area contributed by atoms with Gasteiger partial charge in [0.05, 0.1) is 19.2 Å². The summed E-state index contributed by atoms with van der Waals surface area (Å²) in [6.07, 6.45) is 2.54. The average molecular weight is 712 g/mol. The van der Waals surface area contributed by atoms with Gasteiger partial charge in [-0.15, -0.1) is 0 Å². The van der Waals surface area contributed by atoms with Crippen molar-refractivity contribution in [2.45, 2.75) is 102 Å². The molecule has 2 bridgehead atoms. The van der Waals surface area contributed by atoms with Gasteiger partial charge in [-0.25, -0.2) is 4.79 Å². The van der Waals surface area contributed by atoms with Gasteiger partial charge in [-0.3, -0.25) is 10.1 Å². The largest absolute Gasteiger partial charge is 0.541 e. The van der Waals surface area contributed by atoms with E-state index in [9.17, 15) is 9.59 Å². The first-order chi connectivity index (χ1) is 23.1. The maximum atomic E-state index is 14.4. The fourth-order valence-corrected chi connectivity index (χ4v) is 8.89. The van der Waals surface area contributed by atoms with Crippen molar-refractivity contribution in [3.63, 3.8) is 0 Å². The monoisotopic (exact) mass is 711 g/mol. The fraction of sp³-hybridized carbons (Fsp3) is 0.543. The van der Waals surface area contributed by atoms with Crippen molar-refractivity contribution < 1.29 is 41.9 Å². The predicted molar refractivity (Wildman–Crippen MR) is 191 cm³/mol. The number of carbonyl (C=O) groups is 2. The van der Waals surface area contributed by atoms with E-state index in [1.54, 1.807) is 18.1 Å². The SMILES string of the molecule is C.[3H][B]SOc1cc(C2(C)C[C@@H](C(=O)N3[C@@H]4C[C@]5(OC(=O)[C@@H]35)c3c(OCC=C)c(C)c5c(c34)OCO5)N2)cc(O[Si](C)(C)C(C)(C)C)c1OC. The summed E-state index contributed by atoms with van der Waals surface area (Å²) in [5, 5.41) is 3.45. The standard InChI is InChI=1S/C34H42BN2O9SSi.CH4/c1-10-11-41-25-17(2)26-28(43-16-42-26)23-20-15-34(24(23)25)29(31(39)44-34)37(20)30(38)19-14-33(6,36-19)18-12-21(45-47-35)27(40-7)22(13-18)46-48(8,9)32(3,4)5;/h10,12-13,19-20,29,35-36H,1,11,14-16H2,2-9H3;1H4/t19-,20+,29+,33?,34-;/m0./s1/i35T;. The topological polar surface area (TPSA) is 114 Å². The number of rotatable bonds is 11. The van der Waals surface area contributed by atoms with E-state index in [2.05, 4.69) is 45.8 Å². The Hall–Kier alpha value is -3.49. The minimum absolute atomic E-state index is 0. The van der Waals surface area contributed by atoms with Crippen LogP contribution in [0.25, 0.3) is 0 Å². The van der Waals surface area contributed by atoms with Crippen molar-refractivity contribution in [1.29, 1.82) is 1.34 Å². The molecule has 0 aromatic heterocycles. The summed E-state index contributed by atoms with van der Waals surface area (Å²) in [7, 11) is 0.373. The first-order valence-corrected chi connectivity index (χ1v) is 19.8. The Morgan fingerprint density at radius 3 is 2.57 bits per heavy atom. The number of nitrogens with one attached hydrogen (secondary N) is 1. The van der Waals surface area contributed by atoms with Gasteiger partial charge in [-0.05, 0) is 69.3 Å². The molecule has 1 spiro atoms. The lowest BCUT2D eigenvalue weighted by molar-refractivity contribution is -0.209. The maximum Gasteiger partial charge on any atom is 0.334 e. The van der Waals surface area contributed by atoms with E-state index in [-0.39, 0.29) is 31.8 Å². The Balaban J connectivity index is 0.00000432. The van der Waals surface area contributed by atoms with Crippen molar-refractivity contribution in [1.82, 2.24) is 10.2 Å². The van der Waals surface area contributed by atoms with Crippen LogP contribution >= 0.6 is 11.9 Å². The molecule has 3 fully saturated rings. The molecule has 263 valence electrons. The first-order valence-electron chi connectivity index (χ1n) is 16.7. The number of fused-ring (bicyclic) bond motifs is 5. The molecule has 2 aromatic carbocycles. The lowest BCUT2D eigenvalue weighted by atomic mass is 9.76. The summed E-state index contributed by atoms with van der Waals surface area (Å²) in [6.45, 7) is 18.8. The number of ether oxygens (including phenoxy) is 5. The quantitative estimate of drug-likeness (QED) is 0.131. The predicted octanol–water partition coefficient (Wildman–Crippen LogP) is 5.85. The molecule has 1 radical (unpaired) electrons. The number of benzene rings is 2. The summed E-state index contributed by atoms with van der Waals surface area (Å²) in [5.74, 6) is 2.57. The van der Waals surface area contributed by atoms with E-state index >= 15 is 0 Å². The molecule has 1 amide bonds. The number of hydrogen-bond acceptors (Lipinski definition) is 11. The highest BCUT2D eigenvalue weighted by atomic mass is 32.2. The number of methoxy groups -OCH3 is 1. The minimum Gasteiger partial charge on any atom is -0.541 e. The first kappa shape index (κ1) is 34.0. The molecular weight excluding hydrogens is 663 g/mol. The zero-order valence-electron chi connectivity index (χ0n) is 29.6. The summed E-state index contributed by atoms with van der Waals surface area (Å²) >= 11 is 0.872. The number of esters is 1. The van der Waals surface area contributed by atoms with E-state index in [1.807, 2.05) is 26.0 Å². The van der Waals surface area contributed by atoms with Crippen LogP contribution in [-0.2, 0) is 25.5 Å². The van der Waals surface area contributed by atoms with Crippen LogP contribution in [0, 0.1) is 6.92 Å². The molecular formula is C35H46BN2O9SSi. The Bertz CT molecular complexity index is 1760. The van der Waals surface area contributed by atoms with Gasteiger partial charge in [-0.2, -0.15) is 0 Å². The zero-order valence-corrected chi connectivity index (χ0v) is 30.4. The van der Waals surface area contributed by atoms with Gasteiger partial charge < -0.3 is 37.2 Å². The van der Waals surface area contributed by atoms with Gasteiger partial charge in [0.25, 0.3) is 8.32 Å². The second-order valence-corrected chi connectivity index (χ2v) is 20.0. The Kier molecular flexibility index (Phi) is 8.18. The summed E-state index contributed by atoms with van der Waals surface area (Å²) in [5.41, 5.74) is 1.54. The number of nitrogens with zero attached hydrogens (tertiary/aromatic N) is 1. The van der Waals surface area contributed by atoms with Gasteiger partial charge in [-0.1, -0.05) is 40.9 Å². The lowest BCUT2D eigenvalue weighted by Gasteiger charge is -2.52. The molecule has 2 aromatic rings. The molecule has 1 N–H and O–H groups in total. The molecule has 1 unspecified atom stereocenters. The maximum absolute atomic E-state index is 14.4. The van der Waals surface area contributed by atoms with Crippen LogP contribution in [0.4, 0.5) is 0 Å². The number of carbonyl (C=O) groups excluding carboxylic acids is 2. The molecule has 4 heterocycles. The molecule has 5 aliphatic rings. The molecule has 1 aliphatic carbocycles. The van der Waals surface area contributed by atoms with Gasteiger partial charge >= 0.3 is 5.97 Å². The highest BCUT2D eigenvalue weighted by molar-refractivity contribution is 8.16. The third kappa shape index (κ3) is 4.95. The lowest BCUT2D eigenvalue weighted by Crippen LogP contribution is -2.70. The van der Waals surface area contributed by atoms with Crippen LogP contribution in [0.3, 0.4) is 0 Å². The second kappa shape index (κ2) is 11.8. The van der Waals surface area contributed by atoms with Gasteiger partial charge in [0.2, 0.25) is 25.5 Å². The third-order valence-electron chi connectivity index (χ3n) is 11.0. The van der Waals surface area contributed by atoms with Crippen LogP contribution in [0.5, 0.6) is 34.5 Å². The molecule has 3 saturated heterocycles. The zero-order chi connectivity index (χ0) is 35.3. The molecule has 7 rings (SSSR count). The van der Waals surface area contributed by atoms with E-state index in [1.165, 1.54) is 0 Å². The van der Waals surface area contributed by atoms with E-state index in [0.29, 0.717) is 47.3 Å². The molecule has 14 heteroatoms. The molecule has 11 nitrogen and oxygen atoms in total.